The number of aryl methyl sites for hydroxylation is 1. The fraction of sp³-hybridized carbons (Fsp3) is 0.514. The summed E-state index contributed by atoms with van der Waals surface area (Å²) in [5, 5.41) is 16.2. The van der Waals surface area contributed by atoms with Crippen molar-refractivity contribution in [3.63, 3.8) is 0 Å². The number of phenolic OH excluding ortho intramolecular Hbond substituents is 1. The number of benzene rings is 3. The Kier molecular flexibility index (Phi) is 6.89. The lowest BCUT2D eigenvalue weighted by atomic mass is 9.92. The number of hydrogen-bond donors (Lipinski definition) is 2. The third-order valence-electron chi connectivity index (χ3n) is 11.2. The van der Waals surface area contributed by atoms with E-state index in [1.54, 1.807) is 18.2 Å². The number of fused-ring (bicyclic) bond motifs is 4. The van der Waals surface area contributed by atoms with Crippen molar-refractivity contribution in [3.05, 3.63) is 53.6 Å². The molecular formula is C37H41F2N5O3. The number of halogens is 2. The van der Waals surface area contributed by atoms with Crippen LogP contribution >= 0.6 is 0 Å². The number of aromatic nitrogens is 2. The number of piperazine rings is 1. The molecule has 47 heavy (non-hydrogen) atoms. The van der Waals surface area contributed by atoms with Gasteiger partial charge < -0.3 is 24.8 Å². The molecule has 8 nitrogen and oxygen atoms in total. The highest BCUT2D eigenvalue weighted by atomic mass is 19.1. The molecule has 5 fully saturated rings. The van der Waals surface area contributed by atoms with Crippen molar-refractivity contribution < 1.29 is 23.4 Å². The SMILES string of the molecule is CCc1c(F)ccc2cc(O)cc(-c3ccc4c(N5CC6CCC(C5)N6)nc(OCC5(CN6CCOC7(CC7)C6)CC5)nc4c3F)c12. The average molecular weight is 642 g/mol. The van der Waals surface area contributed by atoms with Crippen LogP contribution in [-0.4, -0.2) is 83.6 Å². The summed E-state index contributed by atoms with van der Waals surface area (Å²) in [4.78, 5) is 14.4. The van der Waals surface area contributed by atoms with Gasteiger partial charge in [-0.3, -0.25) is 4.90 Å². The molecule has 246 valence electrons. The van der Waals surface area contributed by atoms with Crippen molar-refractivity contribution in [2.75, 3.05) is 50.8 Å². The van der Waals surface area contributed by atoms with Crippen LogP contribution in [0.25, 0.3) is 32.8 Å². The highest BCUT2D eigenvalue weighted by Gasteiger charge is 2.51. The molecule has 1 spiro atoms. The Morgan fingerprint density at radius 2 is 1.83 bits per heavy atom. The second-order valence-electron chi connectivity index (χ2n) is 14.7. The van der Waals surface area contributed by atoms with E-state index in [2.05, 4.69) is 15.1 Å². The molecule has 0 amide bonds. The standard InChI is InChI=1S/C37H41F2N5O3/c1-2-26-30(38)8-3-22-15-25(45)16-29(31(22)26)27-6-7-28-33(32(27)39)41-35(42-34(28)44-17-23-4-5-24(18-44)40-23)46-21-36(9-10-36)19-43-13-14-47-37(20-43)11-12-37/h3,6-8,15-16,23-24,40,45H,2,4-5,9-14,17-21H2,1H3. The number of hydrogen-bond acceptors (Lipinski definition) is 8. The Balaban J connectivity index is 1.11. The van der Waals surface area contributed by atoms with Gasteiger partial charge in [-0.25, -0.2) is 8.78 Å². The monoisotopic (exact) mass is 641 g/mol. The predicted octanol–water partition coefficient (Wildman–Crippen LogP) is 5.96. The minimum Gasteiger partial charge on any atom is -0.508 e. The highest BCUT2D eigenvalue weighted by molar-refractivity contribution is 6.03. The van der Waals surface area contributed by atoms with Gasteiger partial charge in [0.05, 0.1) is 18.8 Å². The summed E-state index contributed by atoms with van der Waals surface area (Å²) in [5.74, 6) is -0.202. The van der Waals surface area contributed by atoms with E-state index in [0.29, 0.717) is 58.2 Å². The quantitative estimate of drug-likeness (QED) is 0.244. The van der Waals surface area contributed by atoms with Crippen molar-refractivity contribution >= 4 is 27.5 Å². The third kappa shape index (κ3) is 5.29. The minimum atomic E-state index is -0.531. The summed E-state index contributed by atoms with van der Waals surface area (Å²) < 4.78 is 44.4. The van der Waals surface area contributed by atoms with Crippen LogP contribution in [0.1, 0.15) is 51.0 Å². The molecule has 2 saturated carbocycles. The molecule has 4 heterocycles. The predicted molar refractivity (Wildman–Crippen MR) is 177 cm³/mol. The normalized spacial score (nSPS) is 24.4. The molecular weight excluding hydrogens is 600 g/mol. The van der Waals surface area contributed by atoms with Crippen molar-refractivity contribution in [1.29, 1.82) is 0 Å². The number of nitrogens with one attached hydrogen (secondary N) is 1. The summed E-state index contributed by atoms with van der Waals surface area (Å²) in [5.41, 5.74) is 1.48. The second-order valence-corrected chi connectivity index (χ2v) is 14.7. The van der Waals surface area contributed by atoms with Gasteiger partial charge in [-0.2, -0.15) is 9.97 Å². The van der Waals surface area contributed by atoms with Gasteiger partial charge in [0.25, 0.3) is 0 Å². The van der Waals surface area contributed by atoms with E-state index < -0.39 is 5.82 Å². The number of rotatable bonds is 8. The van der Waals surface area contributed by atoms with Crippen LogP contribution in [0.4, 0.5) is 14.6 Å². The van der Waals surface area contributed by atoms with Crippen LogP contribution < -0.4 is 15.0 Å². The van der Waals surface area contributed by atoms with Gasteiger partial charge in [-0.05, 0) is 91.1 Å². The lowest BCUT2D eigenvalue weighted by molar-refractivity contribution is -0.0532. The first kappa shape index (κ1) is 29.5. The Bertz CT molecular complexity index is 1880. The summed E-state index contributed by atoms with van der Waals surface area (Å²) in [7, 11) is 0. The summed E-state index contributed by atoms with van der Waals surface area (Å²) in [6, 6.07) is 10.6. The summed E-state index contributed by atoms with van der Waals surface area (Å²) >= 11 is 0. The van der Waals surface area contributed by atoms with Crippen LogP contribution in [0.15, 0.2) is 36.4 Å². The molecule has 3 aromatic carbocycles. The first-order chi connectivity index (χ1) is 22.8. The number of morpholine rings is 1. The molecule has 10 heteroatoms. The number of phenols is 1. The van der Waals surface area contributed by atoms with Crippen molar-refractivity contribution in [2.24, 2.45) is 5.41 Å². The minimum absolute atomic E-state index is 0.00745. The maximum absolute atomic E-state index is 16.9. The Morgan fingerprint density at radius 3 is 2.57 bits per heavy atom. The van der Waals surface area contributed by atoms with Gasteiger partial charge in [-0.15, -0.1) is 0 Å². The van der Waals surface area contributed by atoms with Gasteiger partial charge in [-0.1, -0.05) is 19.1 Å². The zero-order valence-electron chi connectivity index (χ0n) is 26.8. The maximum Gasteiger partial charge on any atom is 0.319 e. The third-order valence-corrected chi connectivity index (χ3v) is 11.2. The maximum atomic E-state index is 16.9. The van der Waals surface area contributed by atoms with Crippen LogP contribution in [0.5, 0.6) is 11.8 Å². The Morgan fingerprint density at radius 1 is 1.02 bits per heavy atom. The largest absolute Gasteiger partial charge is 0.508 e. The Labute approximate surface area is 273 Å². The first-order valence-corrected chi connectivity index (χ1v) is 17.3. The van der Waals surface area contributed by atoms with E-state index in [4.69, 9.17) is 19.4 Å². The molecule has 2 atom stereocenters. The number of ether oxygens (including phenoxy) is 2. The molecule has 2 unspecified atom stereocenters. The number of nitrogens with zero attached hydrogens (tertiary/aromatic N) is 4. The summed E-state index contributed by atoms with van der Waals surface area (Å²) in [6.45, 7) is 7.58. The van der Waals surface area contributed by atoms with Crippen molar-refractivity contribution in [1.82, 2.24) is 20.2 Å². The molecule has 2 aliphatic carbocycles. The lowest BCUT2D eigenvalue weighted by Gasteiger charge is -2.35. The van der Waals surface area contributed by atoms with E-state index in [1.807, 2.05) is 13.0 Å². The fourth-order valence-corrected chi connectivity index (χ4v) is 8.38. The highest BCUT2D eigenvalue weighted by Crippen LogP contribution is 2.49. The zero-order chi connectivity index (χ0) is 31.9. The topological polar surface area (TPSA) is 83.0 Å². The molecule has 5 aliphatic rings. The van der Waals surface area contributed by atoms with Gasteiger partial charge >= 0.3 is 6.01 Å². The first-order valence-electron chi connectivity index (χ1n) is 17.3. The molecule has 2 N–H and O–H groups in total. The van der Waals surface area contributed by atoms with E-state index in [1.165, 1.54) is 12.1 Å². The van der Waals surface area contributed by atoms with Crippen molar-refractivity contribution in [3.8, 4) is 22.9 Å². The van der Waals surface area contributed by atoms with Crippen LogP contribution in [0.3, 0.4) is 0 Å². The van der Waals surface area contributed by atoms with Gasteiger partial charge in [0.2, 0.25) is 0 Å². The molecule has 1 aromatic heterocycles. The van der Waals surface area contributed by atoms with E-state index in [9.17, 15) is 5.11 Å². The van der Waals surface area contributed by atoms with Gasteiger partial charge in [0.1, 0.15) is 22.9 Å². The fourth-order valence-electron chi connectivity index (χ4n) is 8.38. The summed E-state index contributed by atoms with van der Waals surface area (Å²) in [6.07, 6.45) is 7.11. The Hall–Kier alpha value is -3.60. The van der Waals surface area contributed by atoms with E-state index >= 15 is 8.78 Å². The molecule has 4 aromatic rings. The zero-order valence-corrected chi connectivity index (χ0v) is 26.8. The molecule has 3 saturated heterocycles. The molecule has 2 bridgehead atoms. The number of aromatic hydroxyl groups is 1. The molecule has 0 radical (unpaired) electrons. The van der Waals surface area contributed by atoms with Gasteiger partial charge in [0.15, 0.2) is 5.82 Å². The van der Waals surface area contributed by atoms with Crippen LogP contribution in [-0.2, 0) is 11.2 Å². The molecule has 9 rings (SSSR count). The average Bonchev–Trinajstić information content (AvgIpc) is 3.98. The van der Waals surface area contributed by atoms with Gasteiger partial charge in [0, 0.05) is 61.2 Å². The second kappa shape index (κ2) is 11.0. The van der Waals surface area contributed by atoms with E-state index in [-0.39, 0.29) is 39.7 Å². The number of anilines is 1. The molecule has 3 aliphatic heterocycles. The van der Waals surface area contributed by atoms with E-state index in [0.717, 1.165) is 77.9 Å². The van der Waals surface area contributed by atoms with Crippen LogP contribution in [0, 0.1) is 17.0 Å². The van der Waals surface area contributed by atoms with Crippen molar-refractivity contribution in [2.45, 2.75) is 69.6 Å². The smallest absolute Gasteiger partial charge is 0.319 e. The lowest BCUT2D eigenvalue weighted by Crippen LogP contribution is -2.51. The van der Waals surface area contributed by atoms with Crippen LogP contribution in [0.2, 0.25) is 0 Å².